The number of aromatic carboxylic acids is 1. The molecular formula is C25H23N3O2. The largest absolute Gasteiger partial charge is 0.478 e. The minimum absolute atomic E-state index is 0.297. The molecule has 5 nitrogen and oxygen atoms in total. The first-order chi connectivity index (χ1) is 14.6. The van der Waals surface area contributed by atoms with Gasteiger partial charge in [-0.25, -0.2) is 14.5 Å². The third-order valence-electron chi connectivity index (χ3n) is 5.06. The number of hydrogen-bond donors (Lipinski definition) is 1. The average molecular weight is 397 g/mol. The minimum Gasteiger partial charge on any atom is -0.478 e. The molecule has 150 valence electrons. The maximum absolute atomic E-state index is 11.9. The fourth-order valence-electron chi connectivity index (χ4n) is 3.59. The summed E-state index contributed by atoms with van der Waals surface area (Å²) in [5.74, 6) is 0.682. The van der Waals surface area contributed by atoms with Gasteiger partial charge in [0, 0.05) is 19.4 Å². The van der Waals surface area contributed by atoms with Crippen LogP contribution >= 0.6 is 0 Å². The molecular weight excluding hydrogens is 374 g/mol. The fourth-order valence-corrected chi connectivity index (χ4v) is 3.59. The monoisotopic (exact) mass is 397 g/mol. The molecule has 0 radical (unpaired) electrons. The van der Waals surface area contributed by atoms with Crippen molar-refractivity contribution in [1.82, 2.24) is 14.8 Å². The Kier molecular flexibility index (Phi) is 5.70. The molecule has 0 atom stereocenters. The molecule has 1 heterocycles. The van der Waals surface area contributed by atoms with E-state index in [9.17, 15) is 9.90 Å². The lowest BCUT2D eigenvalue weighted by Gasteiger charge is -2.09. The van der Waals surface area contributed by atoms with Gasteiger partial charge < -0.3 is 5.11 Å². The number of carbonyl (C=O) groups is 1. The number of aryl methyl sites for hydroxylation is 1. The number of carboxylic acids is 1. The molecule has 0 spiro atoms. The quantitative estimate of drug-likeness (QED) is 0.484. The van der Waals surface area contributed by atoms with Crippen molar-refractivity contribution in [2.24, 2.45) is 0 Å². The highest BCUT2D eigenvalue weighted by Crippen LogP contribution is 2.25. The van der Waals surface area contributed by atoms with Gasteiger partial charge in [-0.3, -0.25) is 0 Å². The average Bonchev–Trinajstić information content (AvgIpc) is 3.16. The zero-order chi connectivity index (χ0) is 20.9. The Morgan fingerprint density at radius 3 is 2.27 bits per heavy atom. The van der Waals surface area contributed by atoms with Gasteiger partial charge in [-0.15, -0.1) is 0 Å². The summed E-state index contributed by atoms with van der Waals surface area (Å²) in [5.41, 5.74) is 3.97. The molecule has 5 heteroatoms. The van der Waals surface area contributed by atoms with Crippen molar-refractivity contribution in [2.75, 3.05) is 0 Å². The summed E-state index contributed by atoms with van der Waals surface area (Å²) in [7, 11) is 0. The van der Waals surface area contributed by atoms with E-state index < -0.39 is 5.97 Å². The molecule has 0 unspecified atom stereocenters. The standard InChI is InChI=1S/C25H23N3O2/c1-2-28-24(26-23(27-28)16-18-9-5-3-6-10-18)17-19-13-14-21(22(15-19)25(29)30)20-11-7-4-8-12-20/h3-15H,2,16-17H2,1H3,(H,29,30). The first kappa shape index (κ1) is 19.6. The van der Waals surface area contributed by atoms with E-state index in [2.05, 4.69) is 17.2 Å². The molecule has 0 aliphatic rings. The van der Waals surface area contributed by atoms with Crippen LogP contribution in [0.3, 0.4) is 0 Å². The van der Waals surface area contributed by atoms with Crippen molar-refractivity contribution in [3.8, 4) is 11.1 Å². The van der Waals surface area contributed by atoms with E-state index in [1.807, 2.05) is 72.3 Å². The van der Waals surface area contributed by atoms with Gasteiger partial charge in [-0.1, -0.05) is 72.8 Å². The highest BCUT2D eigenvalue weighted by atomic mass is 16.4. The second-order valence-electron chi connectivity index (χ2n) is 7.15. The number of rotatable bonds is 7. The van der Waals surface area contributed by atoms with Crippen LogP contribution in [-0.2, 0) is 19.4 Å². The maximum Gasteiger partial charge on any atom is 0.336 e. The summed E-state index contributed by atoms with van der Waals surface area (Å²) in [6.45, 7) is 2.75. The molecule has 1 N–H and O–H groups in total. The number of aromatic nitrogens is 3. The zero-order valence-electron chi connectivity index (χ0n) is 16.8. The van der Waals surface area contributed by atoms with Crippen LogP contribution in [0.15, 0.2) is 78.9 Å². The lowest BCUT2D eigenvalue weighted by atomic mass is 9.96. The van der Waals surface area contributed by atoms with Crippen LogP contribution in [-0.4, -0.2) is 25.8 Å². The predicted molar refractivity (Wildman–Crippen MR) is 117 cm³/mol. The van der Waals surface area contributed by atoms with E-state index in [0.29, 0.717) is 30.5 Å². The van der Waals surface area contributed by atoms with E-state index in [1.165, 1.54) is 0 Å². The van der Waals surface area contributed by atoms with E-state index in [4.69, 9.17) is 4.98 Å². The molecule has 0 saturated heterocycles. The normalized spacial score (nSPS) is 10.8. The summed E-state index contributed by atoms with van der Waals surface area (Å²) >= 11 is 0. The zero-order valence-corrected chi connectivity index (χ0v) is 16.8. The summed E-state index contributed by atoms with van der Waals surface area (Å²) in [5, 5.41) is 14.4. The van der Waals surface area contributed by atoms with Gasteiger partial charge >= 0.3 is 5.97 Å². The summed E-state index contributed by atoms with van der Waals surface area (Å²) in [4.78, 5) is 16.6. The molecule has 0 aliphatic heterocycles. The van der Waals surface area contributed by atoms with Crippen LogP contribution in [0.2, 0.25) is 0 Å². The summed E-state index contributed by atoms with van der Waals surface area (Å²) in [6.07, 6.45) is 1.21. The number of hydrogen-bond acceptors (Lipinski definition) is 3. The van der Waals surface area contributed by atoms with Crippen LogP contribution in [0.25, 0.3) is 11.1 Å². The van der Waals surface area contributed by atoms with Crippen LogP contribution in [0.4, 0.5) is 0 Å². The summed E-state index contributed by atoms with van der Waals surface area (Å²) < 4.78 is 1.89. The van der Waals surface area contributed by atoms with Crippen molar-refractivity contribution in [3.05, 3.63) is 107 Å². The Labute approximate surface area is 175 Å². The van der Waals surface area contributed by atoms with Crippen molar-refractivity contribution >= 4 is 5.97 Å². The first-order valence-electron chi connectivity index (χ1n) is 10.0. The SMILES string of the molecule is CCn1nc(Cc2ccccc2)nc1Cc1ccc(-c2ccccc2)c(C(=O)O)c1. The molecule has 3 aromatic carbocycles. The minimum atomic E-state index is -0.933. The molecule has 4 aromatic rings. The maximum atomic E-state index is 11.9. The van der Waals surface area contributed by atoms with E-state index in [0.717, 1.165) is 28.3 Å². The number of carboxylic acid groups (broad SMARTS) is 1. The van der Waals surface area contributed by atoms with E-state index in [-0.39, 0.29) is 0 Å². The Morgan fingerprint density at radius 2 is 1.60 bits per heavy atom. The molecule has 0 aliphatic carbocycles. The van der Waals surface area contributed by atoms with Crippen molar-refractivity contribution in [1.29, 1.82) is 0 Å². The molecule has 0 saturated carbocycles. The number of benzene rings is 3. The summed E-state index contributed by atoms with van der Waals surface area (Å²) in [6, 6.07) is 25.3. The fraction of sp³-hybridized carbons (Fsp3) is 0.160. The van der Waals surface area contributed by atoms with Gasteiger partial charge in [0.05, 0.1) is 5.56 Å². The van der Waals surface area contributed by atoms with Crippen molar-refractivity contribution in [2.45, 2.75) is 26.3 Å². The Morgan fingerprint density at radius 1 is 0.900 bits per heavy atom. The molecule has 0 amide bonds. The van der Waals surface area contributed by atoms with E-state index >= 15 is 0 Å². The van der Waals surface area contributed by atoms with Crippen LogP contribution in [0.5, 0.6) is 0 Å². The lowest BCUT2D eigenvalue weighted by Crippen LogP contribution is -2.06. The molecule has 30 heavy (non-hydrogen) atoms. The van der Waals surface area contributed by atoms with Crippen LogP contribution in [0, 0.1) is 0 Å². The second-order valence-corrected chi connectivity index (χ2v) is 7.15. The van der Waals surface area contributed by atoms with Gasteiger partial charge in [0.15, 0.2) is 5.82 Å². The lowest BCUT2D eigenvalue weighted by molar-refractivity contribution is 0.0697. The molecule has 0 bridgehead atoms. The van der Waals surface area contributed by atoms with Gasteiger partial charge in [-0.2, -0.15) is 5.10 Å². The van der Waals surface area contributed by atoms with Gasteiger partial charge in [0.1, 0.15) is 5.82 Å². The molecule has 1 aromatic heterocycles. The van der Waals surface area contributed by atoms with Crippen molar-refractivity contribution in [3.63, 3.8) is 0 Å². The molecule has 0 fully saturated rings. The topological polar surface area (TPSA) is 68.0 Å². The van der Waals surface area contributed by atoms with Crippen LogP contribution < -0.4 is 0 Å². The molecule has 4 rings (SSSR count). The predicted octanol–water partition coefficient (Wildman–Crippen LogP) is 4.84. The third kappa shape index (κ3) is 4.30. The Bertz CT molecular complexity index is 1150. The van der Waals surface area contributed by atoms with Crippen LogP contribution in [0.1, 0.15) is 40.1 Å². The van der Waals surface area contributed by atoms with Crippen molar-refractivity contribution < 1.29 is 9.90 Å². The third-order valence-corrected chi connectivity index (χ3v) is 5.06. The highest BCUT2D eigenvalue weighted by Gasteiger charge is 2.15. The Hall–Kier alpha value is -3.73. The van der Waals surface area contributed by atoms with Gasteiger partial charge in [0.2, 0.25) is 0 Å². The first-order valence-corrected chi connectivity index (χ1v) is 10.0. The Balaban J connectivity index is 1.62. The van der Waals surface area contributed by atoms with Gasteiger partial charge in [-0.05, 0) is 35.2 Å². The highest BCUT2D eigenvalue weighted by molar-refractivity contribution is 5.96. The second kappa shape index (κ2) is 8.74. The number of nitrogens with zero attached hydrogens (tertiary/aromatic N) is 3. The van der Waals surface area contributed by atoms with Gasteiger partial charge in [0.25, 0.3) is 0 Å². The van der Waals surface area contributed by atoms with E-state index in [1.54, 1.807) is 6.07 Å². The smallest absolute Gasteiger partial charge is 0.336 e.